The minimum absolute atomic E-state index is 0.873. The molecule has 2 aromatic rings. The Balaban J connectivity index is 2.51. The van der Waals surface area contributed by atoms with Crippen molar-refractivity contribution in [2.45, 2.75) is 0 Å². The Kier molecular flexibility index (Phi) is 2.23. The molecule has 0 aliphatic carbocycles. The van der Waals surface area contributed by atoms with Crippen LogP contribution in [0.5, 0.6) is 0 Å². The number of hydrogen-bond acceptors (Lipinski definition) is 4. The van der Waals surface area contributed by atoms with E-state index in [4.69, 9.17) is 0 Å². The highest BCUT2D eigenvalue weighted by atomic mass is 32.1. The molecule has 0 fully saturated rings. The number of rotatable bonds is 2. The summed E-state index contributed by atoms with van der Waals surface area (Å²) >= 11 is 1.69. The SMILES string of the molecule is CNc1ncncc1-c1cccs1. The molecule has 2 aromatic heterocycles. The molecule has 2 rings (SSSR count). The summed E-state index contributed by atoms with van der Waals surface area (Å²) in [6, 6.07) is 4.08. The summed E-state index contributed by atoms with van der Waals surface area (Å²) in [6.07, 6.45) is 3.37. The molecule has 0 aliphatic heterocycles. The molecular formula is C9H9N3S. The van der Waals surface area contributed by atoms with Crippen LogP contribution in [0.1, 0.15) is 0 Å². The molecule has 0 spiro atoms. The second-order valence-electron chi connectivity index (χ2n) is 2.51. The van der Waals surface area contributed by atoms with Gasteiger partial charge in [0.05, 0.1) is 5.56 Å². The van der Waals surface area contributed by atoms with E-state index in [9.17, 15) is 0 Å². The molecule has 0 saturated heterocycles. The van der Waals surface area contributed by atoms with Crippen molar-refractivity contribution in [3.05, 3.63) is 30.0 Å². The van der Waals surface area contributed by atoms with Gasteiger partial charge >= 0.3 is 0 Å². The Morgan fingerprint density at radius 3 is 3.08 bits per heavy atom. The first-order valence-corrected chi connectivity index (χ1v) is 4.81. The van der Waals surface area contributed by atoms with Gasteiger partial charge in [-0.2, -0.15) is 0 Å². The largest absolute Gasteiger partial charge is 0.373 e. The Hall–Kier alpha value is -1.42. The van der Waals surface area contributed by atoms with Crippen LogP contribution in [0.25, 0.3) is 10.4 Å². The molecular weight excluding hydrogens is 182 g/mol. The summed E-state index contributed by atoms with van der Waals surface area (Å²) in [6.45, 7) is 0. The Morgan fingerprint density at radius 2 is 2.38 bits per heavy atom. The van der Waals surface area contributed by atoms with E-state index in [1.54, 1.807) is 17.7 Å². The number of hydrogen-bond donors (Lipinski definition) is 1. The van der Waals surface area contributed by atoms with Crippen LogP contribution in [0, 0.1) is 0 Å². The molecule has 0 unspecified atom stereocenters. The first-order chi connectivity index (χ1) is 6.42. The fourth-order valence-corrected chi connectivity index (χ4v) is 1.88. The van der Waals surface area contributed by atoms with Crippen LogP contribution in [-0.2, 0) is 0 Å². The zero-order valence-corrected chi connectivity index (χ0v) is 8.01. The van der Waals surface area contributed by atoms with Crippen molar-refractivity contribution in [1.29, 1.82) is 0 Å². The summed E-state index contributed by atoms with van der Waals surface area (Å²) in [7, 11) is 1.86. The summed E-state index contributed by atoms with van der Waals surface area (Å²) < 4.78 is 0. The number of nitrogens with one attached hydrogen (secondary N) is 1. The fourth-order valence-electron chi connectivity index (χ4n) is 1.14. The molecule has 66 valence electrons. The number of thiophene rings is 1. The van der Waals surface area contributed by atoms with Crippen LogP contribution in [0.3, 0.4) is 0 Å². The second kappa shape index (κ2) is 3.53. The Labute approximate surface area is 80.5 Å². The van der Waals surface area contributed by atoms with Gasteiger partial charge in [-0.05, 0) is 11.4 Å². The van der Waals surface area contributed by atoms with E-state index in [1.807, 2.05) is 24.7 Å². The van der Waals surface area contributed by atoms with Gasteiger partial charge in [0.1, 0.15) is 12.1 Å². The number of nitrogens with zero attached hydrogens (tertiary/aromatic N) is 2. The van der Waals surface area contributed by atoms with Gasteiger partial charge in [0, 0.05) is 18.1 Å². The van der Waals surface area contributed by atoms with Crippen molar-refractivity contribution < 1.29 is 0 Å². The summed E-state index contributed by atoms with van der Waals surface area (Å²) in [5, 5.41) is 5.08. The molecule has 0 aliphatic rings. The lowest BCUT2D eigenvalue weighted by molar-refractivity contribution is 1.16. The van der Waals surface area contributed by atoms with Gasteiger partial charge in [0.25, 0.3) is 0 Å². The predicted molar refractivity (Wildman–Crippen MR) is 54.9 cm³/mol. The van der Waals surface area contributed by atoms with E-state index < -0.39 is 0 Å². The minimum Gasteiger partial charge on any atom is -0.373 e. The van der Waals surface area contributed by atoms with Crippen molar-refractivity contribution in [3.8, 4) is 10.4 Å². The van der Waals surface area contributed by atoms with Gasteiger partial charge in [0.2, 0.25) is 0 Å². The van der Waals surface area contributed by atoms with Crippen LogP contribution in [0.2, 0.25) is 0 Å². The highest BCUT2D eigenvalue weighted by Gasteiger charge is 2.04. The lowest BCUT2D eigenvalue weighted by Crippen LogP contribution is -1.94. The predicted octanol–water partition coefficient (Wildman–Crippen LogP) is 2.25. The fraction of sp³-hybridized carbons (Fsp3) is 0.111. The van der Waals surface area contributed by atoms with Gasteiger partial charge in [0.15, 0.2) is 0 Å². The average Bonchev–Trinajstić information content (AvgIpc) is 2.70. The summed E-state index contributed by atoms with van der Waals surface area (Å²) in [5.41, 5.74) is 1.06. The molecule has 0 amide bonds. The zero-order chi connectivity index (χ0) is 9.10. The van der Waals surface area contributed by atoms with Crippen LogP contribution >= 0.6 is 11.3 Å². The lowest BCUT2D eigenvalue weighted by Gasteiger charge is -2.03. The minimum atomic E-state index is 0.873. The Morgan fingerprint density at radius 1 is 1.46 bits per heavy atom. The molecule has 0 bridgehead atoms. The molecule has 13 heavy (non-hydrogen) atoms. The molecule has 2 heterocycles. The topological polar surface area (TPSA) is 37.8 Å². The maximum atomic E-state index is 4.14. The van der Waals surface area contributed by atoms with Gasteiger partial charge < -0.3 is 5.32 Å². The van der Waals surface area contributed by atoms with E-state index in [-0.39, 0.29) is 0 Å². The van der Waals surface area contributed by atoms with E-state index in [2.05, 4.69) is 21.4 Å². The highest BCUT2D eigenvalue weighted by molar-refractivity contribution is 7.13. The third-order valence-corrected chi connectivity index (χ3v) is 2.64. The van der Waals surface area contributed by atoms with Crippen LogP contribution < -0.4 is 5.32 Å². The van der Waals surface area contributed by atoms with E-state index in [0.717, 1.165) is 11.4 Å². The van der Waals surface area contributed by atoms with E-state index in [0.29, 0.717) is 0 Å². The third kappa shape index (κ3) is 1.53. The normalized spacial score (nSPS) is 9.92. The van der Waals surface area contributed by atoms with Crippen molar-refractivity contribution in [1.82, 2.24) is 9.97 Å². The van der Waals surface area contributed by atoms with Crippen LogP contribution in [0.15, 0.2) is 30.0 Å². The molecule has 0 radical (unpaired) electrons. The molecule has 3 nitrogen and oxygen atoms in total. The quantitative estimate of drug-likeness (QED) is 0.791. The maximum Gasteiger partial charge on any atom is 0.137 e. The monoisotopic (exact) mass is 191 g/mol. The number of anilines is 1. The smallest absolute Gasteiger partial charge is 0.137 e. The van der Waals surface area contributed by atoms with Crippen molar-refractivity contribution in [2.75, 3.05) is 12.4 Å². The Bertz CT molecular complexity index is 384. The third-order valence-electron chi connectivity index (χ3n) is 1.74. The molecule has 0 saturated carbocycles. The standard InChI is InChI=1S/C9H9N3S/c1-10-9-7(5-11-6-12-9)8-3-2-4-13-8/h2-6H,1H3,(H,10,11,12). The van der Waals surface area contributed by atoms with Gasteiger partial charge in [-0.1, -0.05) is 6.07 Å². The van der Waals surface area contributed by atoms with Gasteiger partial charge in [-0.25, -0.2) is 9.97 Å². The average molecular weight is 191 g/mol. The van der Waals surface area contributed by atoms with Crippen molar-refractivity contribution in [3.63, 3.8) is 0 Å². The molecule has 4 heteroatoms. The number of aromatic nitrogens is 2. The molecule has 1 N–H and O–H groups in total. The van der Waals surface area contributed by atoms with Crippen LogP contribution in [0.4, 0.5) is 5.82 Å². The van der Waals surface area contributed by atoms with Gasteiger partial charge in [-0.15, -0.1) is 11.3 Å². The second-order valence-corrected chi connectivity index (χ2v) is 3.46. The van der Waals surface area contributed by atoms with Crippen LogP contribution in [-0.4, -0.2) is 17.0 Å². The van der Waals surface area contributed by atoms with Gasteiger partial charge in [-0.3, -0.25) is 0 Å². The maximum absolute atomic E-state index is 4.14. The van der Waals surface area contributed by atoms with E-state index >= 15 is 0 Å². The zero-order valence-electron chi connectivity index (χ0n) is 7.19. The molecule has 0 atom stereocenters. The molecule has 0 aromatic carbocycles. The first kappa shape index (κ1) is 8.19. The summed E-state index contributed by atoms with van der Waals surface area (Å²) in [5.74, 6) is 0.873. The van der Waals surface area contributed by atoms with E-state index in [1.165, 1.54) is 4.88 Å². The lowest BCUT2D eigenvalue weighted by atomic mass is 10.2. The van der Waals surface area contributed by atoms with Crippen molar-refractivity contribution >= 4 is 17.2 Å². The highest BCUT2D eigenvalue weighted by Crippen LogP contribution is 2.28. The first-order valence-electron chi connectivity index (χ1n) is 3.93. The van der Waals surface area contributed by atoms with Crippen molar-refractivity contribution in [2.24, 2.45) is 0 Å². The summed E-state index contributed by atoms with van der Waals surface area (Å²) in [4.78, 5) is 9.33.